The van der Waals surface area contributed by atoms with Gasteiger partial charge in [0.15, 0.2) is 6.61 Å². The van der Waals surface area contributed by atoms with Gasteiger partial charge in [-0.25, -0.2) is 0 Å². The molecule has 1 amide bonds. The van der Waals surface area contributed by atoms with Crippen molar-refractivity contribution in [3.05, 3.63) is 33.3 Å². The zero-order valence-electron chi connectivity index (χ0n) is 12.1. The zero-order chi connectivity index (χ0) is 17.4. The lowest BCUT2D eigenvalue weighted by molar-refractivity contribution is -0.384. The first kappa shape index (κ1) is 19.0. The number of rotatable bonds is 9. The molecule has 0 aliphatic carbocycles. The summed E-state index contributed by atoms with van der Waals surface area (Å²) >= 11 is 7.26. The number of ether oxygens (including phenoxy) is 1. The summed E-state index contributed by atoms with van der Waals surface area (Å²) in [6, 6.07) is 2.43. The number of nitro groups is 1. The predicted octanol–water partition coefficient (Wildman–Crippen LogP) is 0.615. The second-order valence-corrected chi connectivity index (χ2v) is 5.77. The first-order chi connectivity index (χ1) is 10.8. The van der Waals surface area contributed by atoms with Crippen LogP contribution >= 0.6 is 23.4 Å². The van der Waals surface area contributed by atoms with Crippen molar-refractivity contribution in [2.45, 2.75) is 12.5 Å². The fourth-order valence-electron chi connectivity index (χ4n) is 1.58. The van der Waals surface area contributed by atoms with Crippen LogP contribution in [-0.2, 0) is 9.59 Å². The summed E-state index contributed by atoms with van der Waals surface area (Å²) in [5.41, 5.74) is -0.208. The Hall–Kier alpha value is -2.00. The molecule has 1 atom stereocenters. The number of nitrogens with zero attached hydrogens (tertiary/aromatic N) is 1. The first-order valence-electron chi connectivity index (χ1n) is 6.41. The number of amides is 1. The molecule has 0 spiro atoms. The maximum Gasteiger partial charge on any atom is 0.271 e. The molecular formula is C13H14ClN2O6S-. The van der Waals surface area contributed by atoms with Crippen molar-refractivity contribution in [3.63, 3.8) is 0 Å². The number of carbonyl (C=O) groups is 2. The normalized spacial score (nSPS) is 11.6. The first-order valence-corrected chi connectivity index (χ1v) is 8.18. The summed E-state index contributed by atoms with van der Waals surface area (Å²) in [6.45, 7) is -0.472. The summed E-state index contributed by atoms with van der Waals surface area (Å²) in [4.78, 5) is 32.6. The lowest BCUT2D eigenvalue weighted by atomic mass is 10.2. The van der Waals surface area contributed by atoms with Crippen LogP contribution in [0.5, 0.6) is 5.75 Å². The van der Waals surface area contributed by atoms with Crippen molar-refractivity contribution in [1.29, 1.82) is 0 Å². The average Bonchev–Trinajstić information content (AvgIpc) is 2.49. The van der Waals surface area contributed by atoms with Gasteiger partial charge in [-0.05, 0) is 24.5 Å². The van der Waals surface area contributed by atoms with Crippen LogP contribution in [0.1, 0.15) is 6.42 Å². The number of hydrogen-bond acceptors (Lipinski definition) is 7. The van der Waals surface area contributed by atoms with Crippen LogP contribution in [0.25, 0.3) is 0 Å². The number of benzene rings is 1. The molecule has 0 aliphatic heterocycles. The van der Waals surface area contributed by atoms with E-state index in [1.54, 1.807) is 0 Å². The maximum atomic E-state index is 11.7. The summed E-state index contributed by atoms with van der Waals surface area (Å²) < 4.78 is 5.13. The molecule has 0 heterocycles. The lowest BCUT2D eigenvalue weighted by Crippen LogP contribution is -2.49. The quantitative estimate of drug-likeness (QED) is 0.505. The number of carboxylic acid groups (broad SMARTS) is 1. The molecule has 8 nitrogen and oxygen atoms in total. The van der Waals surface area contributed by atoms with E-state index >= 15 is 0 Å². The molecule has 0 fully saturated rings. The molecular weight excluding hydrogens is 348 g/mol. The van der Waals surface area contributed by atoms with Gasteiger partial charge in [-0.15, -0.1) is 0 Å². The van der Waals surface area contributed by atoms with Gasteiger partial charge in [0.1, 0.15) is 5.75 Å². The Morgan fingerprint density at radius 2 is 2.17 bits per heavy atom. The van der Waals surface area contributed by atoms with Gasteiger partial charge >= 0.3 is 0 Å². The minimum atomic E-state index is -1.37. The molecule has 0 saturated carbocycles. The van der Waals surface area contributed by atoms with Gasteiger partial charge in [0.25, 0.3) is 11.6 Å². The second-order valence-electron chi connectivity index (χ2n) is 4.38. The van der Waals surface area contributed by atoms with E-state index in [0.717, 1.165) is 6.07 Å². The number of thioether (sulfide) groups is 1. The van der Waals surface area contributed by atoms with Gasteiger partial charge in [-0.3, -0.25) is 14.9 Å². The number of non-ortho nitro benzene ring substituents is 1. The fourth-order valence-corrected chi connectivity index (χ4v) is 2.29. The van der Waals surface area contributed by atoms with Crippen LogP contribution in [0.2, 0.25) is 5.02 Å². The summed E-state index contributed by atoms with van der Waals surface area (Å²) in [6.07, 6.45) is 2.04. The minimum absolute atomic E-state index is 0.0224. The van der Waals surface area contributed by atoms with Crippen molar-refractivity contribution in [2.24, 2.45) is 0 Å². The highest BCUT2D eigenvalue weighted by Crippen LogP contribution is 2.28. The minimum Gasteiger partial charge on any atom is -0.548 e. The third-order valence-corrected chi connectivity index (χ3v) is 3.65. The van der Waals surface area contributed by atoms with Crippen molar-refractivity contribution in [3.8, 4) is 5.75 Å². The Bertz CT molecular complexity index is 598. The summed E-state index contributed by atoms with van der Waals surface area (Å²) in [5, 5.41) is 23.7. The number of halogens is 1. The SMILES string of the molecule is CSCC[C@H](NC(=O)COc1ccc([N+](=O)[O-])cc1Cl)C(=O)[O-]. The number of carbonyl (C=O) groups excluding carboxylic acids is 2. The summed E-state index contributed by atoms with van der Waals surface area (Å²) in [5.74, 6) is -1.40. The van der Waals surface area contributed by atoms with Crippen LogP contribution in [-0.4, -0.2) is 41.5 Å². The van der Waals surface area contributed by atoms with Gasteiger partial charge in [0.05, 0.1) is 22.0 Å². The molecule has 1 aromatic rings. The Morgan fingerprint density at radius 3 is 2.70 bits per heavy atom. The van der Waals surface area contributed by atoms with Crippen molar-refractivity contribution < 1.29 is 24.4 Å². The Kier molecular flexibility index (Phi) is 7.63. The van der Waals surface area contributed by atoms with Crippen molar-refractivity contribution in [2.75, 3.05) is 18.6 Å². The lowest BCUT2D eigenvalue weighted by Gasteiger charge is -2.19. The molecule has 0 aliphatic rings. The Morgan fingerprint density at radius 1 is 1.48 bits per heavy atom. The van der Waals surface area contributed by atoms with Crippen molar-refractivity contribution >= 4 is 40.9 Å². The predicted molar refractivity (Wildman–Crippen MR) is 83.5 cm³/mol. The molecule has 1 aromatic carbocycles. The molecule has 10 heteroatoms. The molecule has 1 N–H and O–H groups in total. The van der Waals surface area contributed by atoms with E-state index in [9.17, 15) is 24.8 Å². The maximum absolute atomic E-state index is 11.7. The van der Waals surface area contributed by atoms with Crippen LogP contribution in [0.4, 0.5) is 5.69 Å². The van der Waals surface area contributed by atoms with E-state index in [1.807, 2.05) is 6.26 Å². The molecule has 126 valence electrons. The van der Waals surface area contributed by atoms with Crippen molar-refractivity contribution in [1.82, 2.24) is 5.32 Å². The van der Waals surface area contributed by atoms with Gasteiger partial charge in [0, 0.05) is 12.1 Å². The molecule has 1 rings (SSSR count). The van der Waals surface area contributed by atoms with Gasteiger partial charge in [-0.2, -0.15) is 11.8 Å². The van der Waals surface area contributed by atoms with Crippen LogP contribution < -0.4 is 15.2 Å². The molecule has 0 bridgehead atoms. The largest absolute Gasteiger partial charge is 0.548 e. The number of hydrogen-bond donors (Lipinski definition) is 1. The van der Waals surface area contributed by atoms with E-state index in [2.05, 4.69) is 5.32 Å². The third kappa shape index (κ3) is 6.33. The molecule has 23 heavy (non-hydrogen) atoms. The Balaban J connectivity index is 2.58. The second kappa shape index (κ2) is 9.21. The molecule has 0 saturated heterocycles. The van der Waals surface area contributed by atoms with E-state index in [4.69, 9.17) is 16.3 Å². The van der Waals surface area contributed by atoms with Crippen LogP contribution in [0.15, 0.2) is 18.2 Å². The van der Waals surface area contributed by atoms with E-state index in [0.29, 0.717) is 5.75 Å². The highest BCUT2D eigenvalue weighted by molar-refractivity contribution is 7.98. The highest BCUT2D eigenvalue weighted by Gasteiger charge is 2.15. The van der Waals surface area contributed by atoms with Crippen LogP contribution in [0.3, 0.4) is 0 Å². The standard InChI is InChI=1S/C13H15ClN2O6S/c1-23-5-4-10(13(18)19)15-12(17)7-22-11-3-2-8(16(20)21)6-9(11)14/h2-3,6,10H,4-5,7H2,1H3,(H,15,17)(H,18,19)/p-1/t10-/m0/s1. The fraction of sp³-hybridized carbons (Fsp3) is 0.385. The number of aliphatic carboxylic acids is 1. The molecule has 0 radical (unpaired) electrons. The monoisotopic (exact) mass is 361 g/mol. The van der Waals surface area contributed by atoms with Gasteiger partial charge in [-0.1, -0.05) is 11.6 Å². The third-order valence-electron chi connectivity index (χ3n) is 2.72. The van der Waals surface area contributed by atoms with Crippen LogP contribution in [0, 0.1) is 10.1 Å². The number of carboxylic acids is 1. The topological polar surface area (TPSA) is 122 Å². The Labute approximate surface area is 141 Å². The van der Waals surface area contributed by atoms with Gasteiger partial charge in [0.2, 0.25) is 0 Å². The number of nitrogens with one attached hydrogen (secondary N) is 1. The summed E-state index contributed by atoms with van der Waals surface area (Å²) in [7, 11) is 0. The molecule has 0 unspecified atom stereocenters. The zero-order valence-corrected chi connectivity index (χ0v) is 13.7. The smallest absolute Gasteiger partial charge is 0.271 e. The average molecular weight is 362 g/mol. The van der Waals surface area contributed by atoms with E-state index in [-0.39, 0.29) is 22.9 Å². The molecule has 0 aromatic heterocycles. The van der Waals surface area contributed by atoms with E-state index in [1.165, 1.54) is 23.9 Å². The highest BCUT2D eigenvalue weighted by atomic mass is 35.5. The number of nitro benzene ring substituents is 1. The van der Waals surface area contributed by atoms with E-state index < -0.39 is 29.4 Å². The van der Waals surface area contributed by atoms with Gasteiger partial charge < -0.3 is 20.0 Å².